The molecule has 0 aromatic carbocycles. The van der Waals surface area contributed by atoms with E-state index in [0.29, 0.717) is 19.3 Å². The summed E-state index contributed by atoms with van der Waals surface area (Å²) in [6.07, 6.45) is 58.5. The summed E-state index contributed by atoms with van der Waals surface area (Å²) < 4.78 is 16.8. The first-order valence-electron chi connectivity index (χ1n) is 26.5. The minimum absolute atomic E-state index is 0.0797. The molecule has 356 valence electrons. The zero-order valence-corrected chi connectivity index (χ0v) is 40.7. The summed E-state index contributed by atoms with van der Waals surface area (Å²) in [5.74, 6) is -0.908. The lowest BCUT2D eigenvalue weighted by molar-refractivity contribution is -0.167. The molecule has 0 aliphatic heterocycles. The predicted octanol–water partition coefficient (Wildman–Crippen LogP) is 17.3. The Kier molecular flexibility index (Phi) is 48.3. The number of hydrogen-bond acceptors (Lipinski definition) is 6. The molecule has 1 unspecified atom stereocenters. The van der Waals surface area contributed by atoms with E-state index < -0.39 is 6.10 Å². The minimum atomic E-state index is -0.781. The second kappa shape index (κ2) is 50.3. The maximum Gasteiger partial charge on any atom is 0.306 e. The van der Waals surface area contributed by atoms with Crippen LogP contribution < -0.4 is 0 Å². The SMILES string of the molecule is CC/C=C\C/C=C\C/C=C\CCCCC(=O)OCC(COC(=O)CCCCCCCCCCCCCCCCCCCC)OC(=O)CCCCCCCCCCCCCCC. The molecular formula is C55H100O6. The number of hydrogen-bond donors (Lipinski definition) is 0. The molecule has 0 fully saturated rings. The van der Waals surface area contributed by atoms with Crippen molar-refractivity contribution >= 4 is 17.9 Å². The number of carbonyl (C=O) groups excluding carboxylic acids is 3. The van der Waals surface area contributed by atoms with Crippen molar-refractivity contribution in [3.63, 3.8) is 0 Å². The number of allylic oxidation sites excluding steroid dienone is 6. The van der Waals surface area contributed by atoms with E-state index in [-0.39, 0.29) is 31.1 Å². The highest BCUT2D eigenvalue weighted by atomic mass is 16.6. The summed E-state index contributed by atoms with van der Waals surface area (Å²) in [5.41, 5.74) is 0. The fraction of sp³-hybridized carbons (Fsp3) is 0.836. The Labute approximate surface area is 378 Å². The Morgan fingerprint density at radius 1 is 0.344 bits per heavy atom. The van der Waals surface area contributed by atoms with Crippen molar-refractivity contribution < 1.29 is 28.6 Å². The molecule has 0 bridgehead atoms. The molecule has 0 N–H and O–H groups in total. The first kappa shape index (κ1) is 58.6. The molecule has 6 heteroatoms. The highest BCUT2D eigenvalue weighted by molar-refractivity contribution is 5.71. The molecule has 0 heterocycles. The third-order valence-corrected chi connectivity index (χ3v) is 11.7. The number of ether oxygens (including phenoxy) is 3. The molecule has 0 aromatic rings. The van der Waals surface area contributed by atoms with Crippen LogP contribution in [0.3, 0.4) is 0 Å². The average molecular weight is 857 g/mol. The van der Waals surface area contributed by atoms with Crippen LogP contribution in [0.15, 0.2) is 36.5 Å². The van der Waals surface area contributed by atoms with Gasteiger partial charge in [0.25, 0.3) is 0 Å². The van der Waals surface area contributed by atoms with Gasteiger partial charge >= 0.3 is 17.9 Å². The van der Waals surface area contributed by atoms with Crippen LogP contribution in [0.2, 0.25) is 0 Å². The van der Waals surface area contributed by atoms with Gasteiger partial charge in [-0.25, -0.2) is 0 Å². The molecule has 0 aliphatic carbocycles. The highest BCUT2D eigenvalue weighted by Gasteiger charge is 2.19. The summed E-state index contributed by atoms with van der Waals surface area (Å²) in [4.78, 5) is 37.9. The Morgan fingerprint density at radius 2 is 0.639 bits per heavy atom. The molecule has 0 radical (unpaired) electrons. The number of rotatable bonds is 48. The zero-order chi connectivity index (χ0) is 44.4. The molecule has 1 atom stereocenters. The third kappa shape index (κ3) is 48.5. The Balaban J connectivity index is 4.33. The van der Waals surface area contributed by atoms with E-state index in [4.69, 9.17) is 14.2 Å². The zero-order valence-electron chi connectivity index (χ0n) is 40.7. The lowest BCUT2D eigenvalue weighted by atomic mass is 10.0. The van der Waals surface area contributed by atoms with E-state index in [9.17, 15) is 14.4 Å². The van der Waals surface area contributed by atoms with Gasteiger partial charge in [0, 0.05) is 19.3 Å². The summed E-state index contributed by atoms with van der Waals surface area (Å²) >= 11 is 0. The number of carbonyl (C=O) groups is 3. The van der Waals surface area contributed by atoms with E-state index in [0.717, 1.165) is 77.0 Å². The second-order valence-electron chi connectivity index (χ2n) is 17.8. The fourth-order valence-electron chi connectivity index (χ4n) is 7.69. The average Bonchev–Trinajstić information content (AvgIpc) is 3.26. The van der Waals surface area contributed by atoms with Gasteiger partial charge in [-0.2, -0.15) is 0 Å². The van der Waals surface area contributed by atoms with Crippen LogP contribution in [0.4, 0.5) is 0 Å². The maximum atomic E-state index is 12.8. The van der Waals surface area contributed by atoms with Gasteiger partial charge in [-0.05, 0) is 51.4 Å². The maximum absolute atomic E-state index is 12.8. The topological polar surface area (TPSA) is 78.9 Å². The van der Waals surface area contributed by atoms with E-state index in [2.05, 4.69) is 57.2 Å². The molecule has 0 saturated carbocycles. The number of esters is 3. The standard InChI is InChI=1S/C55H100O6/c1-4-7-10-13-16-19-22-25-26-27-28-29-31-33-36-39-42-45-48-54(57)60-51-52(50-59-53(56)47-44-41-38-35-32-24-21-18-15-12-9-6-3)61-55(58)49-46-43-40-37-34-30-23-20-17-14-11-8-5-2/h9,12,18,21,32,35,52H,4-8,10-11,13-17,19-20,22-31,33-34,36-51H2,1-3H3/b12-9-,21-18-,35-32-. The van der Waals surface area contributed by atoms with Crippen molar-refractivity contribution in [3.8, 4) is 0 Å². The fourth-order valence-corrected chi connectivity index (χ4v) is 7.69. The van der Waals surface area contributed by atoms with E-state index >= 15 is 0 Å². The number of unbranched alkanes of at least 4 members (excludes halogenated alkanes) is 31. The first-order chi connectivity index (χ1) is 30.0. The lowest BCUT2D eigenvalue weighted by Crippen LogP contribution is -2.30. The van der Waals surface area contributed by atoms with E-state index in [1.54, 1.807) is 0 Å². The molecule has 0 aliphatic rings. The first-order valence-corrected chi connectivity index (χ1v) is 26.5. The van der Waals surface area contributed by atoms with Crippen molar-refractivity contribution in [1.82, 2.24) is 0 Å². The molecule has 61 heavy (non-hydrogen) atoms. The minimum Gasteiger partial charge on any atom is -0.462 e. The lowest BCUT2D eigenvalue weighted by Gasteiger charge is -2.18. The monoisotopic (exact) mass is 857 g/mol. The largest absolute Gasteiger partial charge is 0.462 e. The molecule has 0 aromatic heterocycles. The van der Waals surface area contributed by atoms with Gasteiger partial charge in [-0.15, -0.1) is 0 Å². The molecule has 0 amide bonds. The smallest absolute Gasteiger partial charge is 0.306 e. The van der Waals surface area contributed by atoms with Crippen LogP contribution in [-0.2, 0) is 28.6 Å². The Hall–Kier alpha value is -2.37. The van der Waals surface area contributed by atoms with Gasteiger partial charge in [-0.1, -0.05) is 243 Å². The van der Waals surface area contributed by atoms with Gasteiger partial charge in [-0.3, -0.25) is 14.4 Å². The summed E-state index contributed by atoms with van der Waals surface area (Å²) in [6.45, 7) is 6.52. The molecule has 0 rings (SSSR count). The van der Waals surface area contributed by atoms with E-state index in [1.807, 2.05) is 0 Å². The van der Waals surface area contributed by atoms with Crippen LogP contribution in [-0.4, -0.2) is 37.2 Å². The molecule has 0 spiro atoms. The van der Waals surface area contributed by atoms with Crippen molar-refractivity contribution in [3.05, 3.63) is 36.5 Å². The van der Waals surface area contributed by atoms with Crippen LogP contribution in [0.1, 0.15) is 278 Å². The summed E-state index contributed by atoms with van der Waals surface area (Å²) in [6, 6.07) is 0. The van der Waals surface area contributed by atoms with Crippen molar-refractivity contribution in [2.75, 3.05) is 13.2 Å². The summed E-state index contributed by atoms with van der Waals surface area (Å²) in [5, 5.41) is 0. The quantitative estimate of drug-likeness (QED) is 0.0262. The van der Waals surface area contributed by atoms with Crippen LogP contribution >= 0.6 is 0 Å². The van der Waals surface area contributed by atoms with Gasteiger partial charge in [0.15, 0.2) is 6.10 Å². The van der Waals surface area contributed by atoms with Crippen LogP contribution in [0, 0.1) is 0 Å². The van der Waals surface area contributed by atoms with Gasteiger partial charge in [0.1, 0.15) is 13.2 Å². The molecule has 6 nitrogen and oxygen atoms in total. The van der Waals surface area contributed by atoms with Gasteiger partial charge in [0.2, 0.25) is 0 Å². The Morgan fingerprint density at radius 3 is 1.00 bits per heavy atom. The molecule has 0 saturated heterocycles. The van der Waals surface area contributed by atoms with Crippen molar-refractivity contribution in [1.29, 1.82) is 0 Å². The van der Waals surface area contributed by atoms with Crippen LogP contribution in [0.25, 0.3) is 0 Å². The predicted molar refractivity (Wildman–Crippen MR) is 261 cm³/mol. The third-order valence-electron chi connectivity index (χ3n) is 11.7. The Bertz CT molecular complexity index is 1030. The van der Waals surface area contributed by atoms with Crippen LogP contribution in [0.5, 0.6) is 0 Å². The normalized spacial score (nSPS) is 12.2. The van der Waals surface area contributed by atoms with E-state index in [1.165, 1.54) is 161 Å². The summed E-state index contributed by atoms with van der Waals surface area (Å²) in [7, 11) is 0. The van der Waals surface area contributed by atoms with Gasteiger partial charge in [0.05, 0.1) is 0 Å². The van der Waals surface area contributed by atoms with Crippen molar-refractivity contribution in [2.24, 2.45) is 0 Å². The highest BCUT2D eigenvalue weighted by Crippen LogP contribution is 2.16. The second-order valence-corrected chi connectivity index (χ2v) is 17.8. The van der Waals surface area contributed by atoms with Crippen molar-refractivity contribution in [2.45, 2.75) is 284 Å². The van der Waals surface area contributed by atoms with Gasteiger partial charge < -0.3 is 14.2 Å². The molecular weight excluding hydrogens is 757 g/mol.